The van der Waals surface area contributed by atoms with E-state index in [0.29, 0.717) is 19.4 Å². The van der Waals surface area contributed by atoms with E-state index in [9.17, 15) is 14.7 Å². The van der Waals surface area contributed by atoms with Gasteiger partial charge >= 0.3 is 5.97 Å². The van der Waals surface area contributed by atoms with Crippen LogP contribution in [0.1, 0.15) is 26.2 Å². The third-order valence-corrected chi connectivity index (χ3v) is 4.00. The van der Waals surface area contributed by atoms with Crippen molar-refractivity contribution in [1.29, 1.82) is 0 Å². The van der Waals surface area contributed by atoms with Gasteiger partial charge in [-0.1, -0.05) is 25.1 Å². The van der Waals surface area contributed by atoms with Crippen molar-refractivity contribution < 1.29 is 14.7 Å². The number of carboxylic acids is 1. The number of nitrogens with one attached hydrogen (secondary N) is 1. The number of likely N-dealkylation sites (tertiary alicyclic amines) is 1. The van der Waals surface area contributed by atoms with Crippen LogP contribution in [0.4, 0.5) is 5.69 Å². The third kappa shape index (κ3) is 2.82. The summed E-state index contributed by atoms with van der Waals surface area (Å²) in [5, 5.41) is 12.3. The number of aliphatic carboxylic acids is 1. The standard InChI is InChI=1S/C15H20N2O3/c1-2-15(14(19)20)9-6-10-17(15)11-13(18)16-12-7-4-3-5-8-12/h3-5,7-8H,2,6,9-11H2,1H3,(H,16,18)(H,19,20). The number of amides is 1. The monoisotopic (exact) mass is 276 g/mol. The molecule has 108 valence electrons. The molecule has 0 bridgehead atoms. The number of carbonyl (C=O) groups is 2. The van der Waals surface area contributed by atoms with Crippen molar-refractivity contribution in [1.82, 2.24) is 4.90 Å². The zero-order valence-corrected chi connectivity index (χ0v) is 11.6. The maximum atomic E-state index is 12.0. The van der Waals surface area contributed by atoms with E-state index < -0.39 is 11.5 Å². The minimum Gasteiger partial charge on any atom is -0.480 e. The van der Waals surface area contributed by atoms with Gasteiger partial charge in [0, 0.05) is 5.69 Å². The van der Waals surface area contributed by atoms with Crippen LogP contribution in [0.3, 0.4) is 0 Å². The van der Waals surface area contributed by atoms with Gasteiger partial charge < -0.3 is 10.4 Å². The van der Waals surface area contributed by atoms with Crippen LogP contribution in [0.2, 0.25) is 0 Å². The highest BCUT2D eigenvalue weighted by atomic mass is 16.4. The van der Waals surface area contributed by atoms with Gasteiger partial charge in [-0.05, 0) is 37.9 Å². The molecule has 5 nitrogen and oxygen atoms in total. The normalized spacial score (nSPS) is 22.6. The number of benzene rings is 1. The van der Waals surface area contributed by atoms with Crippen LogP contribution in [0, 0.1) is 0 Å². The maximum absolute atomic E-state index is 12.0. The van der Waals surface area contributed by atoms with Gasteiger partial charge in [0.1, 0.15) is 5.54 Å². The molecule has 2 N–H and O–H groups in total. The maximum Gasteiger partial charge on any atom is 0.324 e. The van der Waals surface area contributed by atoms with E-state index in [1.807, 2.05) is 37.3 Å². The first-order chi connectivity index (χ1) is 9.58. The molecule has 1 saturated heterocycles. The van der Waals surface area contributed by atoms with Gasteiger partial charge in [0.05, 0.1) is 6.54 Å². The smallest absolute Gasteiger partial charge is 0.324 e. The molecular weight excluding hydrogens is 256 g/mol. The Kier molecular flexibility index (Phi) is 4.39. The molecule has 0 saturated carbocycles. The van der Waals surface area contributed by atoms with Crippen molar-refractivity contribution in [2.45, 2.75) is 31.7 Å². The van der Waals surface area contributed by atoms with E-state index in [2.05, 4.69) is 5.32 Å². The molecule has 1 unspecified atom stereocenters. The Morgan fingerprint density at radius 3 is 2.65 bits per heavy atom. The zero-order chi connectivity index (χ0) is 14.6. The quantitative estimate of drug-likeness (QED) is 0.862. The molecule has 1 aromatic rings. The van der Waals surface area contributed by atoms with Crippen molar-refractivity contribution in [3.63, 3.8) is 0 Å². The number of para-hydroxylation sites is 1. The lowest BCUT2D eigenvalue weighted by Crippen LogP contribution is -2.52. The molecule has 1 aliphatic rings. The summed E-state index contributed by atoms with van der Waals surface area (Å²) in [6.45, 7) is 2.64. The average Bonchev–Trinajstić information content (AvgIpc) is 2.83. The summed E-state index contributed by atoms with van der Waals surface area (Å²) in [6.07, 6.45) is 1.94. The number of nitrogens with zero attached hydrogens (tertiary/aromatic N) is 1. The molecule has 0 aromatic heterocycles. The first kappa shape index (κ1) is 14.5. The summed E-state index contributed by atoms with van der Waals surface area (Å²) < 4.78 is 0. The number of hydrogen-bond donors (Lipinski definition) is 2. The highest BCUT2D eigenvalue weighted by Crippen LogP contribution is 2.32. The molecule has 5 heteroatoms. The highest BCUT2D eigenvalue weighted by molar-refractivity contribution is 5.93. The van der Waals surface area contributed by atoms with E-state index in [-0.39, 0.29) is 12.5 Å². The molecule has 1 aromatic carbocycles. The Hall–Kier alpha value is -1.88. The zero-order valence-electron chi connectivity index (χ0n) is 11.6. The van der Waals surface area contributed by atoms with Gasteiger partial charge in [-0.15, -0.1) is 0 Å². The second kappa shape index (κ2) is 6.05. The summed E-state index contributed by atoms with van der Waals surface area (Å²) in [4.78, 5) is 25.4. The molecule has 1 heterocycles. The Morgan fingerprint density at radius 1 is 1.35 bits per heavy atom. The molecule has 1 fully saturated rings. The minimum absolute atomic E-state index is 0.120. The van der Waals surface area contributed by atoms with Crippen LogP contribution in [0.5, 0.6) is 0 Å². The fourth-order valence-corrected chi connectivity index (χ4v) is 2.85. The van der Waals surface area contributed by atoms with Gasteiger partial charge in [-0.25, -0.2) is 0 Å². The van der Waals surface area contributed by atoms with Crippen molar-refractivity contribution in [2.75, 3.05) is 18.4 Å². The number of rotatable bonds is 5. The predicted molar refractivity (Wildman–Crippen MR) is 76.5 cm³/mol. The summed E-state index contributed by atoms with van der Waals surface area (Å²) >= 11 is 0. The molecule has 20 heavy (non-hydrogen) atoms. The van der Waals surface area contributed by atoms with Crippen molar-refractivity contribution >= 4 is 17.6 Å². The Labute approximate surface area is 118 Å². The van der Waals surface area contributed by atoms with Gasteiger partial charge in [0.15, 0.2) is 0 Å². The van der Waals surface area contributed by atoms with E-state index in [1.54, 1.807) is 4.90 Å². The summed E-state index contributed by atoms with van der Waals surface area (Å²) in [6, 6.07) is 9.19. The SMILES string of the molecule is CCC1(C(=O)O)CCCN1CC(=O)Nc1ccccc1. The van der Waals surface area contributed by atoms with Crippen molar-refractivity contribution in [3.05, 3.63) is 30.3 Å². The van der Waals surface area contributed by atoms with Crippen molar-refractivity contribution in [3.8, 4) is 0 Å². The van der Waals surface area contributed by atoms with Gasteiger partial charge in [0.25, 0.3) is 0 Å². The van der Waals surface area contributed by atoms with Gasteiger partial charge in [0.2, 0.25) is 5.91 Å². The van der Waals surface area contributed by atoms with E-state index >= 15 is 0 Å². The predicted octanol–water partition coefficient (Wildman–Crippen LogP) is 1.95. The number of carboxylic acid groups (broad SMARTS) is 1. The molecule has 0 spiro atoms. The number of anilines is 1. The second-order valence-corrected chi connectivity index (χ2v) is 5.13. The summed E-state index contributed by atoms with van der Waals surface area (Å²) in [5.41, 5.74) is -0.150. The lowest BCUT2D eigenvalue weighted by molar-refractivity contribution is -0.150. The lowest BCUT2D eigenvalue weighted by Gasteiger charge is -2.33. The third-order valence-electron chi connectivity index (χ3n) is 4.00. The van der Waals surface area contributed by atoms with E-state index in [0.717, 1.165) is 12.1 Å². The van der Waals surface area contributed by atoms with Gasteiger partial charge in [-0.3, -0.25) is 14.5 Å². The van der Waals surface area contributed by atoms with Crippen LogP contribution in [0.25, 0.3) is 0 Å². The van der Waals surface area contributed by atoms with Crippen LogP contribution < -0.4 is 5.32 Å². The van der Waals surface area contributed by atoms with Gasteiger partial charge in [-0.2, -0.15) is 0 Å². The van der Waals surface area contributed by atoms with Crippen LogP contribution in [-0.4, -0.2) is 40.5 Å². The summed E-state index contributed by atoms with van der Waals surface area (Å²) in [5.74, 6) is -0.998. The van der Waals surface area contributed by atoms with Crippen molar-refractivity contribution in [2.24, 2.45) is 0 Å². The molecule has 1 aliphatic heterocycles. The first-order valence-corrected chi connectivity index (χ1v) is 6.92. The highest BCUT2D eigenvalue weighted by Gasteiger charge is 2.46. The summed E-state index contributed by atoms with van der Waals surface area (Å²) in [7, 11) is 0. The molecule has 0 radical (unpaired) electrons. The average molecular weight is 276 g/mol. The number of hydrogen-bond acceptors (Lipinski definition) is 3. The molecule has 0 aliphatic carbocycles. The molecule has 1 atom stereocenters. The second-order valence-electron chi connectivity index (χ2n) is 5.13. The molecule has 1 amide bonds. The topological polar surface area (TPSA) is 69.6 Å². The first-order valence-electron chi connectivity index (χ1n) is 6.92. The Morgan fingerprint density at radius 2 is 2.05 bits per heavy atom. The van der Waals surface area contributed by atoms with Crippen LogP contribution in [0.15, 0.2) is 30.3 Å². The van der Waals surface area contributed by atoms with E-state index in [1.165, 1.54) is 0 Å². The largest absolute Gasteiger partial charge is 0.480 e. The minimum atomic E-state index is -0.881. The van der Waals surface area contributed by atoms with Crippen LogP contribution in [-0.2, 0) is 9.59 Å². The van der Waals surface area contributed by atoms with Crippen LogP contribution >= 0.6 is 0 Å². The molecule has 2 rings (SSSR count). The Bertz CT molecular complexity index is 489. The fourth-order valence-electron chi connectivity index (χ4n) is 2.85. The number of carbonyl (C=O) groups excluding carboxylic acids is 1. The lowest BCUT2D eigenvalue weighted by atomic mass is 9.93. The van der Waals surface area contributed by atoms with E-state index in [4.69, 9.17) is 0 Å². The fraction of sp³-hybridized carbons (Fsp3) is 0.467. The molecular formula is C15H20N2O3. The Balaban J connectivity index is 2.02.